The van der Waals surface area contributed by atoms with E-state index < -0.39 is 11.6 Å². The summed E-state index contributed by atoms with van der Waals surface area (Å²) in [5.74, 6) is -1.49. The third-order valence-electron chi connectivity index (χ3n) is 2.66. The number of hydrazone groups is 1. The van der Waals surface area contributed by atoms with Gasteiger partial charge in [-0.25, -0.2) is 8.78 Å². The first-order chi connectivity index (χ1) is 10.0. The lowest BCUT2D eigenvalue weighted by atomic mass is 10.2. The lowest BCUT2D eigenvalue weighted by Crippen LogP contribution is -2.24. The minimum absolute atomic E-state index is 0.0265. The van der Waals surface area contributed by atoms with Gasteiger partial charge >= 0.3 is 0 Å². The molecule has 0 aliphatic heterocycles. The van der Waals surface area contributed by atoms with Crippen molar-refractivity contribution in [2.75, 3.05) is 6.61 Å². The zero-order chi connectivity index (χ0) is 15.7. The summed E-state index contributed by atoms with van der Waals surface area (Å²) in [6.07, 6.45) is 5.24. The van der Waals surface area contributed by atoms with Gasteiger partial charge < -0.3 is 10.5 Å². The van der Waals surface area contributed by atoms with E-state index >= 15 is 0 Å². The minimum atomic E-state index is -0.762. The molecule has 1 aromatic rings. The summed E-state index contributed by atoms with van der Waals surface area (Å²) in [6, 6.07) is 1.91. The van der Waals surface area contributed by atoms with Gasteiger partial charge in [-0.1, -0.05) is 26.2 Å². The van der Waals surface area contributed by atoms with Gasteiger partial charge in [0.1, 0.15) is 5.82 Å². The number of nitrogens with one attached hydrogen (secondary N) is 1. The van der Waals surface area contributed by atoms with E-state index in [1.807, 2.05) is 0 Å². The van der Waals surface area contributed by atoms with Gasteiger partial charge in [-0.2, -0.15) is 5.10 Å². The SMILES string of the molecule is CCCCCCOc1c(F)cc(F)cc1C=NNC(N)=S. The molecule has 116 valence electrons. The van der Waals surface area contributed by atoms with Gasteiger partial charge in [0.15, 0.2) is 16.7 Å². The van der Waals surface area contributed by atoms with E-state index in [2.05, 4.69) is 29.7 Å². The molecule has 4 nitrogen and oxygen atoms in total. The van der Waals surface area contributed by atoms with Crippen LogP contribution in [0.3, 0.4) is 0 Å². The molecule has 0 saturated heterocycles. The topological polar surface area (TPSA) is 59.6 Å². The summed E-state index contributed by atoms with van der Waals surface area (Å²) in [5.41, 5.74) is 7.72. The van der Waals surface area contributed by atoms with Crippen molar-refractivity contribution in [3.8, 4) is 5.75 Å². The predicted octanol–water partition coefficient (Wildman–Crippen LogP) is 3.09. The Balaban J connectivity index is 2.75. The Morgan fingerprint density at radius 3 is 2.81 bits per heavy atom. The Kier molecular flexibility index (Phi) is 7.60. The van der Waals surface area contributed by atoms with Crippen LogP contribution in [-0.4, -0.2) is 17.9 Å². The Bertz CT molecular complexity index is 509. The number of benzene rings is 1. The highest BCUT2D eigenvalue weighted by atomic mass is 32.1. The summed E-state index contributed by atoms with van der Waals surface area (Å²) in [6.45, 7) is 2.47. The van der Waals surface area contributed by atoms with E-state index in [9.17, 15) is 8.78 Å². The summed E-state index contributed by atoms with van der Waals surface area (Å²) in [7, 11) is 0. The first kappa shape index (κ1) is 17.3. The molecule has 7 heteroatoms. The normalized spacial score (nSPS) is 10.8. The molecule has 0 amide bonds. The van der Waals surface area contributed by atoms with Gasteiger partial charge in [-0.15, -0.1) is 0 Å². The fourth-order valence-electron chi connectivity index (χ4n) is 1.70. The highest BCUT2D eigenvalue weighted by Gasteiger charge is 2.11. The van der Waals surface area contributed by atoms with Crippen LogP contribution in [0.15, 0.2) is 17.2 Å². The maximum atomic E-state index is 13.8. The molecular formula is C14H19F2N3OS. The molecule has 1 rings (SSSR count). The van der Waals surface area contributed by atoms with Crippen molar-refractivity contribution >= 4 is 23.5 Å². The van der Waals surface area contributed by atoms with Crippen molar-refractivity contribution in [1.82, 2.24) is 5.43 Å². The van der Waals surface area contributed by atoms with Crippen LogP contribution in [0.5, 0.6) is 5.75 Å². The standard InChI is InChI=1S/C14H19F2N3OS/c1-2-3-4-5-6-20-13-10(9-18-19-14(17)21)7-11(15)8-12(13)16/h7-9H,2-6H2,1H3,(H3,17,19,21). The van der Waals surface area contributed by atoms with Gasteiger partial charge in [0.25, 0.3) is 0 Å². The van der Waals surface area contributed by atoms with Gasteiger partial charge in [0.2, 0.25) is 0 Å². The van der Waals surface area contributed by atoms with Crippen LogP contribution < -0.4 is 15.9 Å². The zero-order valence-corrected chi connectivity index (χ0v) is 12.7. The molecule has 0 atom stereocenters. The van der Waals surface area contributed by atoms with Gasteiger partial charge in [0.05, 0.1) is 12.8 Å². The van der Waals surface area contributed by atoms with Crippen molar-refractivity contribution in [1.29, 1.82) is 0 Å². The van der Waals surface area contributed by atoms with E-state index in [0.717, 1.165) is 37.8 Å². The van der Waals surface area contributed by atoms with E-state index in [1.165, 1.54) is 6.21 Å². The highest BCUT2D eigenvalue weighted by Crippen LogP contribution is 2.23. The second kappa shape index (κ2) is 9.23. The number of halogens is 2. The number of ether oxygens (including phenoxy) is 1. The molecule has 0 bridgehead atoms. The second-order valence-electron chi connectivity index (χ2n) is 4.45. The van der Waals surface area contributed by atoms with Crippen LogP contribution in [0, 0.1) is 11.6 Å². The second-order valence-corrected chi connectivity index (χ2v) is 4.89. The molecule has 0 radical (unpaired) electrons. The van der Waals surface area contributed by atoms with Crippen molar-refractivity contribution in [3.63, 3.8) is 0 Å². The molecule has 21 heavy (non-hydrogen) atoms. The van der Waals surface area contributed by atoms with Crippen molar-refractivity contribution in [2.45, 2.75) is 32.6 Å². The molecule has 1 aromatic carbocycles. The van der Waals surface area contributed by atoms with Gasteiger partial charge in [0, 0.05) is 11.6 Å². The third kappa shape index (κ3) is 6.48. The number of nitrogens with two attached hydrogens (primary N) is 1. The average molecular weight is 315 g/mol. The quantitative estimate of drug-likeness (QED) is 0.335. The highest BCUT2D eigenvalue weighted by molar-refractivity contribution is 7.80. The smallest absolute Gasteiger partial charge is 0.184 e. The van der Waals surface area contributed by atoms with E-state index in [1.54, 1.807) is 0 Å². The lowest BCUT2D eigenvalue weighted by molar-refractivity contribution is 0.289. The fourth-order valence-corrected chi connectivity index (χ4v) is 1.75. The summed E-state index contributed by atoms with van der Waals surface area (Å²) in [4.78, 5) is 0. The van der Waals surface area contributed by atoms with Crippen LogP contribution in [0.2, 0.25) is 0 Å². The molecule has 0 aromatic heterocycles. The van der Waals surface area contributed by atoms with Crippen LogP contribution in [-0.2, 0) is 0 Å². The summed E-state index contributed by atoms with van der Waals surface area (Å²) < 4.78 is 32.4. The number of rotatable bonds is 8. The Morgan fingerprint density at radius 2 is 2.14 bits per heavy atom. The minimum Gasteiger partial charge on any atom is -0.490 e. The Morgan fingerprint density at radius 1 is 1.38 bits per heavy atom. The molecular weight excluding hydrogens is 296 g/mol. The lowest BCUT2D eigenvalue weighted by Gasteiger charge is -2.10. The Hall–Kier alpha value is -1.76. The fraction of sp³-hybridized carbons (Fsp3) is 0.429. The van der Waals surface area contributed by atoms with E-state index in [-0.39, 0.29) is 16.4 Å². The molecule has 0 heterocycles. The van der Waals surface area contributed by atoms with Crippen molar-refractivity contribution < 1.29 is 13.5 Å². The van der Waals surface area contributed by atoms with Crippen LogP contribution in [0.1, 0.15) is 38.2 Å². The molecule has 0 aliphatic carbocycles. The number of unbranched alkanes of at least 4 members (excludes halogenated alkanes) is 3. The van der Waals surface area contributed by atoms with E-state index in [0.29, 0.717) is 6.61 Å². The summed E-state index contributed by atoms with van der Waals surface area (Å²) >= 11 is 4.58. The maximum absolute atomic E-state index is 13.8. The molecule has 0 saturated carbocycles. The monoisotopic (exact) mass is 315 g/mol. The number of hydrogen-bond donors (Lipinski definition) is 2. The molecule has 0 spiro atoms. The molecule has 0 unspecified atom stereocenters. The van der Waals surface area contributed by atoms with Crippen molar-refractivity contribution in [3.05, 3.63) is 29.3 Å². The average Bonchev–Trinajstić information content (AvgIpc) is 2.40. The molecule has 0 aliphatic rings. The predicted molar refractivity (Wildman–Crippen MR) is 83.5 cm³/mol. The molecule has 0 fully saturated rings. The maximum Gasteiger partial charge on any atom is 0.184 e. The van der Waals surface area contributed by atoms with Crippen LogP contribution in [0.4, 0.5) is 8.78 Å². The number of thiocarbonyl (C=S) groups is 1. The third-order valence-corrected chi connectivity index (χ3v) is 2.75. The van der Waals surface area contributed by atoms with Gasteiger partial charge in [-0.05, 0) is 24.7 Å². The van der Waals surface area contributed by atoms with E-state index in [4.69, 9.17) is 10.5 Å². The largest absolute Gasteiger partial charge is 0.490 e. The van der Waals surface area contributed by atoms with Crippen LogP contribution in [0.25, 0.3) is 0 Å². The number of nitrogens with zero attached hydrogens (tertiary/aromatic N) is 1. The first-order valence-electron chi connectivity index (χ1n) is 6.75. The summed E-state index contributed by atoms with van der Waals surface area (Å²) in [5, 5.41) is 3.65. The Labute approximate surface area is 128 Å². The van der Waals surface area contributed by atoms with Crippen LogP contribution >= 0.6 is 12.2 Å². The number of hydrogen-bond acceptors (Lipinski definition) is 3. The van der Waals surface area contributed by atoms with Crippen molar-refractivity contribution in [2.24, 2.45) is 10.8 Å². The molecule has 3 N–H and O–H groups in total. The van der Waals surface area contributed by atoms with Gasteiger partial charge in [-0.3, -0.25) is 5.43 Å². The zero-order valence-electron chi connectivity index (χ0n) is 11.9. The first-order valence-corrected chi connectivity index (χ1v) is 7.15.